The van der Waals surface area contributed by atoms with Gasteiger partial charge in [-0.15, -0.1) is 0 Å². The Bertz CT molecular complexity index is 646. The zero-order valence-corrected chi connectivity index (χ0v) is 13.1. The van der Waals surface area contributed by atoms with E-state index < -0.39 is 0 Å². The van der Waals surface area contributed by atoms with Gasteiger partial charge in [0, 0.05) is 38.2 Å². The molecular formula is C16H22N4O2. The topological polar surface area (TPSA) is 52.3 Å². The van der Waals surface area contributed by atoms with Gasteiger partial charge in [-0.05, 0) is 24.6 Å². The second-order valence-corrected chi connectivity index (χ2v) is 5.57. The zero-order valence-electron chi connectivity index (χ0n) is 13.1. The van der Waals surface area contributed by atoms with Gasteiger partial charge in [0.25, 0.3) is 5.91 Å². The first-order valence-corrected chi connectivity index (χ1v) is 7.74. The molecular weight excluding hydrogens is 280 g/mol. The van der Waals surface area contributed by atoms with E-state index in [1.165, 1.54) is 0 Å². The maximum absolute atomic E-state index is 13.0. The molecule has 1 amide bonds. The summed E-state index contributed by atoms with van der Waals surface area (Å²) in [6.07, 6.45) is 4.64. The number of aryl methyl sites for hydroxylation is 2. The Labute approximate surface area is 130 Å². The summed E-state index contributed by atoms with van der Waals surface area (Å²) in [5.74, 6) is 0.0282. The normalized spacial score (nSPS) is 18.6. The number of aromatic nitrogens is 3. The lowest BCUT2D eigenvalue weighted by Gasteiger charge is -2.36. The summed E-state index contributed by atoms with van der Waals surface area (Å²) < 4.78 is 9.44. The lowest BCUT2D eigenvalue weighted by molar-refractivity contribution is -0.00526. The van der Waals surface area contributed by atoms with Crippen LogP contribution in [-0.2, 0) is 18.3 Å². The largest absolute Gasteiger partial charge is 0.377 e. The molecule has 3 heterocycles. The van der Waals surface area contributed by atoms with Crippen molar-refractivity contribution in [1.82, 2.24) is 19.2 Å². The molecule has 0 N–H and O–H groups in total. The number of hydrogen-bond donors (Lipinski definition) is 0. The van der Waals surface area contributed by atoms with E-state index in [2.05, 4.69) is 12.0 Å². The van der Waals surface area contributed by atoms with Gasteiger partial charge >= 0.3 is 0 Å². The number of morpholine rings is 1. The fourth-order valence-corrected chi connectivity index (χ4v) is 2.96. The molecule has 3 rings (SSSR count). The number of hydrogen-bond acceptors (Lipinski definition) is 3. The average Bonchev–Trinajstić information content (AvgIpc) is 3.16. The molecule has 0 aliphatic carbocycles. The number of carbonyl (C=O) groups excluding carboxylic acids is 1. The van der Waals surface area contributed by atoms with E-state index in [1.54, 1.807) is 16.9 Å². The molecule has 1 atom stereocenters. The van der Waals surface area contributed by atoms with Crippen molar-refractivity contribution in [2.24, 2.45) is 7.05 Å². The van der Waals surface area contributed by atoms with Gasteiger partial charge in [0.15, 0.2) is 0 Å². The van der Waals surface area contributed by atoms with Crippen molar-refractivity contribution in [3.05, 3.63) is 42.0 Å². The molecule has 1 aliphatic rings. The third kappa shape index (κ3) is 2.66. The van der Waals surface area contributed by atoms with Crippen molar-refractivity contribution in [3.63, 3.8) is 0 Å². The fraction of sp³-hybridized carbons (Fsp3) is 0.500. The molecule has 2 aromatic rings. The summed E-state index contributed by atoms with van der Waals surface area (Å²) in [5, 5.41) is 4.26. The molecule has 0 radical (unpaired) electrons. The van der Waals surface area contributed by atoms with E-state index in [-0.39, 0.29) is 11.9 Å². The second-order valence-electron chi connectivity index (χ2n) is 5.57. The first kappa shape index (κ1) is 14.8. The number of nitrogens with zero attached hydrogens (tertiary/aromatic N) is 4. The van der Waals surface area contributed by atoms with E-state index in [9.17, 15) is 4.79 Å². The van der Waals surface area contributed by atoms with Gasteiger partial charge in [-0.25, -0.2) is 0 Å². The maximum Gasteiger partial charge on any atom is 0.272 e. The quantitative estimate of drug-likeness (QED) is 0.866. The standard InChI is InChI=1S/C16H22N4O2/c1-3-8-20-14(6-7-17-20)16(21)19-10-11-22-12-15(19)13-5-4-9-18(13)2/h4-7,9,15H,3,8,10-12H2,1-2H3. The number of carbonyl (C=O) groups is 1. The molecule has 0 aromatic carbocycles. The monoisotopic (exact) mass is 302 g/mol. The highest BCUT2D eigenvalue weighted by molar-refractivity contribution is 5.92. The van der Waals surface area contributed by atoms with Gasteiger partial charge in [-0.2, -0.15) is 5.10 Å². The SMILES string of the molecule is CCCn1nccc1C(=O)N1CCOCC1c1cccn1C. The van der Waals surface area contributed by atoms with Crippen molar-refractivity contribution in [2.45, 2.75) is 25.9 Å². The minimum atomic E-state index is -0.0498. The molecule has 1 fully saturated rings. The summed E-state index contributed by atoms with van der Waals surface area (Å²) in [5.41, 5.74) is 1.75. The highest BCUT2D eigenvalue weighted by Crippen LogP contribution is 2.26. The van der Waals surface area contributed by atoms with Crippen molar-refractivity contribution >= 4 is 5.91 Å². The van der Waals surface area contributed by atoms with E-state index in [0.29, 0.717) is 25.5 Å². The van der Waals surface area contributed by atoms with Gasteiger partial charge in [-0.1, -0.05) is 6.92 Å². The summed E-state index contributed by atoms with van der Waals surface area (Å²) >= 11 is 0. The molecule has 118 valence electrons. The van der Waals surface area contributed by atoms with E-state index >= 15 is 0 Å². The Kier molecular flexibility index (Phi) is 4.29. The fourth-order valence-electron chi connectivity index (χ4n) is 2.96. The van der Waals surface area contributed by atoms with Crippen LogP contribution < -0.4 is 0 Å². The summed E-state index contributed by atoms with van der Waals surface area (Å²) in [6.45, 7) is 4.55. The second kappa shape index (κ2) is 6.36. The average molecular weight is 302 g/mol. The predicted molar refractivity (Wildman–Crippen MR) is 82.5 cm³/mol. The van der Waals surface area contributed by atoms with Gasteiger partial charge in [-0.3, -0.25) is 9.48 Å². The number of rotatable bonds is 4. The van der Waals surface area contributed by atoms with Crippen molar-refractivity contribution in [1.29, 1.82) is 0 Å². The van der Waals surface area contributed by atoms with E-state index in [4.69, 9.17) is 4.74 Å². The third-order valence-electron chi connectivity index (χ3n) is 4.09. The van der Waals surface area contributed by atoms with Gasteiger partial charge in [0.1, 0.15) is 5.69 Å². The molecule has 6 heteroatoms. The minimum Gasteiger partial charge on any atom is -0.377 e. The van der Waals surface area contributed by atoms with Crippen LogP contribution in [0.5, 0.6) is 0 Å². The molecule has 0 bridgehead atoms. The molecule has 6 nitrogen and oxygen atoms in total. The molecule has 2 aromatic heterocycles. The predicted octanol–water partition coefficient (Wildman–Crippen LogP) is 1.85. The Morgan fingerprint density at radius 1 is 1.45 bits per heavy atom. The Morgan fingerprint density at radius 3 is 3.05 bits per heavy atom. The van der Waals surface area contributed by atoms with E-state index in [0.717, 1.165) is 18.7 Å². The van der Waals surface area contributed by atoms with Crippen LogP contribution in [-0.4, -0.2) is 44.9 Å². The highest BCUT2D eigenvalue weighted by Gasteiger charge is 2.32. The number of ether oxygens (including phenoxy) is 1. The van der Waals surface area contributed by atoms with Crippen LogP contribution in [0.3, 0.4) is 0 Å². The van der Waals surface area contributed by atoms with Crippen LogP contribution in [0, 0.1) is 0 Å². The highest BCUT2D eigenvalue weighted by atomic mass is 16.5. The number of amides is 1. The Morgan fingerprint density at radius 2 is 2.32 bits per heavy atom. The minimum absolute atomic E-state index is 0.0282. The molecule has 1 unspecified atom stereocenters. The lowest BCUT2D eigenvalue weighted by Crippen LogP contribution is -2.44. The van der Waals surface area contributed by atoms with E-state index in [1.807, 2.05) is 34.8 Å². The molecule has 1 saturated heterocycles. The molecule has 0 saturated carbocycles. The van der Waals surface area contributed by atoms with Crippen LogP contribution >= 0.6 is 0 Å². The molecule has 1 aliphatic heterocycles. The van der Waals surface area contributed by atoms with Crippen LogP contribution in [0.1, 0.15) is 35.6 Å². The third-order valence-corrected chi connectivity index (χ3v) is 4.09. The smallest absolute Gasteiger partial charge is 0.272 e. The van der Waals surface area contributed by atoms with Gasteiger partial charge in [0.2, 0.25) is 0 Å². The van der Waals surface area contributed by atoms with Crippen molar-refractivity contribution in [3.8, 4) is 0 Å². The van der Waals surface area contributed by atoms with Crippen LogP contribution in [0.2, 0.25) is 0 Å². The first-order chi connectivity index (χ1) is 10.7. The summed E-state index contributed by atoms with van der Waals surface area (Å²) in [4.78, 5) is 14.9. The Balaban J connectivity index is 1.89. The van der Waals surface area contributed by atoms with Crippen LogP contribution in [0.4, 0.5) is 0 Å². The van der Waals surface area contributed by atoms with Gasteiger partial charge < -0.3 is 14.2 Å². The molecule has 0 spiro atoms. The van der Waals surface area contributed by atoms with Crippen molar-refractivity contribution in [2.75, 3.05) is 19.8 Å². The summed E-state index contributed by atoms with van der Waals surface area (Å²) in [7, 11) is 1.99. The maximum atomic E-state index is 13.0. The van der Waals surface area contributed by atoms with Crippen molar-refractivity contribution < 1.29 is 9.53 Å². The Hall–Kier alpha value is -2.08. The molecule has 22 heavy (non-hydrogen) atoms. The lowest BCUT2D eigenvalue weighted by atomic mass is 10.1. The van der Waals surface area contributed by atoms with Crippen LogP contribution in [0.15, 0.2) is 30.6 Å². The zero-order chi connectivity index (χ0) is 15.5. The summed E-state index contributed by atoms with van der Waals surface area (Å²) in [6, 6.07) is 5.79. The van der Waals surface area contributed by atoms with Gasteiger partial charge in [0.05, 0.1) is 19.3 Å². The first-order valence-electron chi connectivity index (χ1n) is 7.74. The van der Waals surface area contributed by atoms with Crippen LogP contribution in [0.25, 0.3) is 0 Å².